The number of nitrogens with one attached hydrogen (secondary N) is 2. The van der Waals surface area contributed by atoms with E-state index in [0.717, 1.165) is 37.9 Å². The summed E-state index contributed by atoms with van der Waals surface area (Å²) in [7, 11) is -4.07. The summed E-state index contributed by atoms with van der Waals surface area (Å²) in [6.07, 6.45) is 2.95. The molecule has 0 bridgehead atoms. The normalized spacial score (nSPS) is 21.6. The molecule has 1 aromatic rings. The molecule has 1 aliphatic heterocycles. The van der Waals surface area contributed by atoms with Gasteiger partial charge in [0.05, 0.1) is 0 Å². The second kappa shape index (κ2) is 6.15. The average Bonchev–Trinajstić information content (AvgIpc) is 2.42. The van der Waals surface area contributed by atoms with Gasteiger partial charge in [-0.05, 0) is 44.5 Å². The van der Waals surface area contributed by atoms with Crippen molar-refractivity contribution in [1.29, 1.82) is 0 Å². The first kappa shape index (κ1) is 15.3. The van der Waals surface area contributed by atoms with E-state index in [4.69, 9.17) is 0 Å². The lowest BCUT2D eigenvalue weighted by atomic mass is 10.00. The van der Waals surface area contributed by atoms with Crippen molar-refractivity contribution < 1.29 is 17.2 Å². The molecule has 2 N–H and O–H groups in total. The van der Waals surface area contributed by atoms with Gasteiger partial charge in [-0.2, -0.15) is 0 Å². The third-order valence-electron chi connectivity index (χ3n) is 3.48. The summed E-state index contributed by atoms with van der Waals surface area (Å²) in [5.74, 6) is -1.74. The molecule has 0 aromatic heterocycles. The Morgan fingerprint density at radius 1 is 1.35 bits per heavy atom. The largest absolute Gasteiger partial charge is 0.312 e. The number of piperidine rings is 1. The van der Waals surface area contributed by atoms with Crippen LogP contribution in [-0.2, 0) is 10.0 Å². The molecule has 1 aliphatic rings. The number of rotatable bonds is 4. The van der Waals surface area contributed by atoms with Gasteiger partial charge in [-0.1, -0.05) is 6.42 Å². The molecule has 1 heterocycles. The summed E-state index contributed by atoms with van der Waals surface area (Å²) in [6, 6.07) is 2.02. The minimum Gasteiger partial charge on any atom is -0.312 e. The van der Waals surface area contributed by atoms with E-state index in [1.165, 1.54) is 0 Å². The van der Waals surface area contributed by atoms with E-state index in [1.54, 1.807) is 6.92 Å². The molecule has 2 rings (SSSR count). The van der Waals surface area contributed by atoms with E-state index in [9.17, 15) is 17.2 Å². The highest BCUT2D eigenvalue weighted by molar-refractivity contribution is 7.89. The Kier molecular flexibility index (Phi) is 4.72. The van der Waals surface area contributed by atoms with Gasteiger partial charge in [0, 0.05) is 12.1 Å². The highest BCUT2D eigenvalue weighted by Gasteiger charge is 2.27. The number of benzene rings is 1. The minimum absolute atomic E-state index is 0.00939. The summed E-state index contributed by atoms with van der Waals surface area (Å²) in [6.45, 7) is 2.56. The SMILES string of the molecule is CC(NS(=O)(=O)c1cc(F)ccc1F)C1CCCCN1. The van der Waals surface area contributed by atoms with Crippen LogP contribution >= 0.6 is 0 Å². The van der Waals surface area contributed by atoms with Crippen LogP contribution in [0.2, 0.25) is 0 Å². The Balaban J connectivity index is 2.16. The molecule has 0 aliphatic carbocycles. The molecule has 0 spiro atoms. The van der Waals surface area contributed by atoms with Crippen LogP contribution in [0.5, 0.6) is 0 Å². The van der Waals surface area contributed by atoms with E-state index in [1.807, 2.05) is 0 Å². The van der Waals surface area contributed by atoms with Gasteiger partial charge in [-0.3, -0.25) is 0 Å². The maximum absolute atomic E-state index is 13.6. The molecule has 1 saturated heterocycles. The standard InChI is InChI=1S/C13H18F2N2O2S/c1-9(12-4-2-3-7-16-12)17-20(18,19)13-8-10(14)5-6-11(13)15/h5-6,8-9,12,16-17H,2-4,7H2,1H3. The second-order valence-corrected chi connectivity index (χ2v) is 6.72. The topological polar surface area (TPSA) is 58.2 Å². The predicted molar refractivity (Wildman–Crippen MR) is 71.8 cm³/mol. The summed E-state index contributed by atoms with van der Waals surface area (Å²) in [4.78, 5) is -0.653. The van der Waals surface area contributed by atoms with Crippen LogP contribution in [0, 0.1) is 11.6 Å². The van der Waals surface area contributed by atoms with E-state index < -0.39 is 26.6 Å². The monoisotopic (exact) mass is 304 g/mol. The van der Waals surface area contributed by atoms with Crippen molar-refractivity contribution in [3.05, 3.63) is 29.8 Å². The van der Waals surface area contributed by atoms with Gasteiger partial charge in [-0.25, -0.2) is 21.9 Å². The summed E-state index contributed by atoms with van der Waals surface area (Å²) >= 11 is 0. The summed E-state index contributed by atoms with van der Waals surface area (Å²) < 4.78 is 53.3. The Morgan fingerprint density at radius 3 is 2.75 bits per heavy atom. The van der Waals surface area contributed by atoms with E-state index in [2.05, 4.69) is 10.0 Å². The van der Waals surface area contributed by atoms with Gasteiger partial charge in [0.15, 0.2) is 0 Å². The van der Waals surface area contributed by atoms with Gasteiger partial charge >= 0.3 is 0 Å². The predicted octanol–water partition coefficient (Wildman–Crippen LogP) is 1.77. The fourth-order valence-electron chi connectivity index (χ4n) is 2.38. The fraction of sp³-hybridized carbons (Fsp3) is 0.538. The lowest BCUT2D eigenvalue weighted by molar-refractivity contribution is 0.346. The van der Waals surface area contributed by atoms with Crippen molar-refractivity contribution in [2.24, 2.45) is 0 Å². The van der Waals surface area contributed by atoms with Crippen LogP contribution in [0.1, 0.15) is 26.2 Å². The first-order chi connectivity index (χ1) is 9.40. The highest BCUT2D eigenvalue weighted by atomic mass is 32.2. The molecule has 1 aromatic carbocycles. The van der Waals surface area contributed by atoms with Crippen molar-refractivity contribution in [1.82, 2.24) is 10.0 Å². The lowest BCUT2D eigenvalue weighted by Gasteiger charge is -2.29. The summed E-state index contributed by atoms with van der Waals surface area (Å²) in [5, 5.41) is 3.22. The van der Waals surface area contributed by atoms with E-state index >= 15 is 0 Å². The molecule has 1 fully saturated rings. The first-order valence-corrected chi connectivity index (χ1v) is 8.09. The Labute approximate surface area is 117 Å². The number of hydrogen-bond donors (Lipinski definition) is 2. The Morgan fingerprint density at radius 2 is 2.10 bits per heavy atom. The molecule has 20 heavy (non-hydrogen) atoms. The molecule has 2 unspecified atom stereocenters. The van der Waals surface area contributed by atoms with Crippen molar-refractivity contribution in [2.45, 2.75) is 43.2 Å². The van der Waals surface area contributed by atoms with E-state index in [0.29, 0.717) is 6.07 Å². The zero-order chi connectivity index (χ0) is 14.8. The number of halogens is 2. The molecule has 0 amide bonds. The van der Waals surface area contributed by atoms with Gasteiger partial charge in [0.2, 0.25) is 10.0 Å². The molecule has 7 heteroatoms. The third-order valence-corrected chi connectivity index (χ3v) is 5.05. The number of hydrogen-bond acceptors (Lipinski definition) is 3. The maximum atomic E-state index is 13.6. The van der Waals surface area contributed by atoms with Gasteiger partial charge in [0.1, 0.15) is 16.5 Å². The van der Waals surface area contributed by atoms with Crippen molar-refractivity contribution in [3.63, 3.8) is 0 Å². The van der Waals surface area contributed by atoms with Crippen LogP contribution in [0.3, 0.4) is 0 Å². The molecule has 2 atom stereocenters. The number of sulfonamides is 1. The summed E-state index contributed by atoms with van der Waals surface area (Å²) in [5.41, 5.74) is 0. The van der Waals surface area contributed by atoms with Crippen LogP contribution in [0.15, 0.2) is 23.1 Å². The molecule has 0 radical (unpaired) electrons. The lowest BCUT2D eigenvalue weighted by Crippen LogP contribution is -2.50. The highest BCUT2D eigenvalue weighted by Crippen LogP contribution is 2.18. The van der Waals surface area contributed by atoms with Crippen molar-refractivity contribution in [2.75, 3.05) is 6.54 Å². The molecule has 112 valence electrons. The first-order valence-electron chi connectivity index (χ1n) is 6.61. The van der Waals surface area contributed by atoms with Gasteiger partial charge in [0.25, 0.3) is 0 Å². The molecular formula is C13H18F2N2O2S. The molecule has 0 saturated carbocycles. The van der Waals surface area contributed by atoms with Crippen molar-refractivity contribution >= 4 is 10.0 Å². The van der Waals surface area contributed by atoms with Crippen molar-refractivity contribution in [3.8, 4) is 0 Å². The van der Waals surface area contributed by atoms with Crippen LogP contribution in [-0.4, -0.2) is 27.0 Å². The fourth-order valence-corrected chi connectivity index (χ4v) is 3.75. The minimum atomic E-state index is -4.07. The average molecular weight is 304 g/mol. The Hall–Kier alpha value is -1.05. The zero-order valence-corrected chi connectivity index (χ0v) is 12.0. The molecular weight excluding hydrogens is 286 g/mol. The second-order valence-electron chi connectivity index (χ2n) is 5.04. The van der Waals surface area contributed by atoms with Crippen LogP contribution < -0.4 is 10.0 Å². The Bertz CT molecular complexity index is 572. The van der Waals surface area contributed by atoms with Crippen LogP contribution in [0.4, 0.5) is 8.78 Å². The van der Waals surface area contributed by atoms with Crippen LogP contribution in [0.25, 0.3) is 0 Å². The van der Waals surface area contributed by atoms with E-state index in [-0.39, 0.29) is 12.1 Å². The zero-order valence-electron chi connectivity index (χ0n) is 11.2. The third kappa shape index (κ3) is 3.53. The maximum Gasteiger partial charge on any atom is 0.243 e. The quantitative estimate of drug-likeness (QED) is 0.891. The smallest absolute Gasteiger partial charge is 0.243 e. The van der Waals surface area contributed by atoms with Gasteiger partial charge < -0.3 is 5.32 Å². The molecule has 4 nitrogen and oxygen atoms in total. The van der Waals surface area contributed by atoms with Gasteiger partial charge in [-0.15, -0.1) is 0 Å².